The molecule has 15 heavy (non-hydrogen) atoms. The first-order chi connectivity index (χ1) is 7.36. The summed E-state index contributed by atoms with van der Waals surface area (Å²) in [5.74, 6) is 0. The lowest BCUT2D eigenvalue weighted by molar-refractivity contribution is 1.76. The quantitative estimate of drug-likeness (QED) is 0.482. The van der Waals surface area contributed by atoms with Crippen molar-refractivity contribution >= 4 is 33.1 Å². The molecular formula is C14H9Cl. The van der Waals surface area contributed by atoms with Crippen molar-refractivity contribution in [1.29, 1.82) is 0 Å². The summed E-state index contributed by atoms with van der Waals surface area (Å²) in [5, 5.41) is 5.63. The van der Waals surface area contributed by atoms with Gasteiger partial charge in [0.25, 0.3) is 0 Å². The van der Waals surface area contributed by atoms with Gasteiger partial charge in [-0.15, -0.1) is 0 Å². The second-order valence-corrected chi connectivity index (χ2v) is 4.03. The van der Waals surface area contributed by atoms with Crippen LogP contribution in [-0.4, -0.2) is 0 Å². The third-order valence-corrected chi connectivity index (χ3v) is 3.03. The third-order valence-electron chi connectivity index (χ3n) is 2.72. The van der Waals surface area contributed by atoms with Gasteiger partial charge in [0.2, 0.25) is 0 Å². The number of hydrogen-bond donors (Lipinski definition) is 0. The van der Waals surface area contributed by atoms with Gasteiger partial charge in [0, 0.05) is 10.4 Å². The largest absolute Gasteiger partial charge is 0.0836 e. The Kier molecular flexibility index (Phi) is 1.90. The molecule has 0 nitrogen and oxygen atoms in total. The monoisotopic (exact) mass is 218 g/mol. The minimum absolute atomic E-state index is 0.823. The molecule has 0 radical (unpaired) electrons. The van der Waals surface area contributed by atoms with E-state index in [1.54, 1.807) is 0 Å². The molecule has 0 aliphatic carbocycles. The van der Waals surface area contributed by atoms with Gasteiger partial charge in [0.15, 0.2) is 0 Å². The average molecular weight is 219 g/mol. The molecule has 3 aromatic carbocycles. The van der Waals surface area contributed by atoms with Crippen molar-refractivity contribution in [2.45, 2.75) is 0 Å². The topological polar surface area (TPSA) is 0 Å². The first-order valence-electron chi connectivity index (χ1n) is 4.92. The molecule has 0 amide bonds. The number of fused-ring (bicyclic) bond motifs is 3. The van der Waals surface area contributed by atoms with Crippen molar-refractivity contribution in [3.8, 4) is 0 Å². The Morgan fingerprint density at radius 2 is 1.27 bits per heavy atom. The van der Waals surface area contributed by atoms with Gasteiger partial charge in [0.05, 0.1) is 0 Å². The van der Waals surface area contributed by atoms with E-state index in [0.29, 0.717) is 0 Å². The number of halogens is 1. The third kappa shape index (κ3) is 1.30. The lowest BCUT2D eigenvalue weighted by Crippen LogP contribution is -1.78. The van der Waals surface area contributed by atoms with Gasteiger partial charge in [-0.3, -0.25) is 0 Å². The van der Waals surface area contributed by atoms with Crippen LogP contribution in [-0.2, 0) is 0 Å². The molecule has 72 valence electrons. The van der Waals surface area contributed by atoms with Crippen LogP contribution in [0.2, 0.25) is 5.02 Å². The van der Waals surface area contributed by atoms with E-state index in [-0.39, 0.29) is 0 Å². The predicted octanol–water partition coefficient (Wildman–Crippen LogP) is 4.65. The molecule has 0 aliphatic rings. The van der Waals surface area contributed by atoms with Crippen LogP contribution in [0.3, 0.4) is 0 Å². The molecule has 3 rings (SSSR count). The van der Waals surface area contributed by atoms with Crippen molar-refractivity contribution in [3.63, 3.8) is 0 Å². The van der Waals surface area contributed by atoms with Crippen molar-refractivity contribution in [3.05, 3.63) is 59.6 Å². The number of rotatable bonds is 0. The molecule has 0 aromatic heterocycles. The fourth-order valence-electron chi connectivity index (χ4n) is 2.01. The van der Waals surface area contributed by atoms with Crippen LogP contribution in [0, 0.1) is 0 Å². The summed E-state index contributed by atoms with van der Waals surface area (Å²) in [6.07, 6.45) is 0. The lowest BCUT2D eigenvalue weighted by atomic mass is 10.2. The van der Waals surface area contributed by atoms with Gasteiger partial charge < -0.3 is 0 Å². The summed E-state index contributed by atoms with van der Waals surface area (Å²) in [4.78, 5) is 0. The van der Waals surface area contributed by atoms with E-state index < -0.39 is 0 Å². The van der Waals surface area contributed by atoms with Crippen molar-refractivity contribution in [2.75, 3.05) is 0 Å². The highest BCUT2D eigenvalue weighted by molar-refractivity contribution is 6.37. The van der Waals surface area contributed by atoms with Crippen LogP contribution in [0.1, 0.15) is 0 Å². The summed E-state index contributed by atoms with van der Waals surface area (Å²) < 4.78 is 0. The van der Waals surface area contributed by atoms with E-state index in [1.165, 1.54) is 16.2 Å². The van der Waals surface area contributed by atoms with Gasteiger partial charge >= 0.3 is 0 Å². The Bertz CT molecular complexity index is 641. The van der Waals surface area contributed by atoms with E-state index in [0.717, 1.165) is 10.4 Å². The Morgan fingerprint density at radius 1 is 0.667 bits per heavy atom. The minimum Gasteiger partial charge on any atom is -0.0836 e. The number of hydrogen-bond acceptors (Lipinski definition) is 0. The zero-order valence-corrected chi connectivity index (χ0v) is 8.83. The zero-order valence-electron chi connectivity index (χ0n) is 8.07. The molecule has 3 aromatic rings. The zero-order chi connectivity index (χ0) is 10.3. The smallest absolute Gasteiger partial charge is 0.0490 e. The van der Waals surface area contributed by atoms with Crippen LogP contribution in [0.4, 0.5) is 0 Å². The first-order valence-corrected chi connectivity index (χ1v) is 5.30. The van der Waals surface area contributed by atoms with Gasteiger partial charge in [-0.25, -0.2) is 0 Å². The summed E-state index contributed by atoms with van der Waals surface area (Å²) in [6, 6.07) is 18.6. The molecule has 0 spiro atoms. The van der Waals surface area contributed by atoms with E-state index in [9.17, 15) is 0 Å². The minimum atomic E-state index is 0.823. The SMILES string of the molecule is Clc1cc2ccccc2[13c]2[13cH][13cH][13cH][13cH][13c]12. The molecular weight excluding hydrogens is 210 g/mol. The van der Waals surface area contributed by atoms with E-state index in [4.69, 9.17) is 11.6 Å². The first kappa shape index (κ1) is 8.75. The highest BCUT2D eigenvalue weighted by Crippen LogP contribution is 2.31. The fourth-order valence-corrected chi connectivity index (χ4v) is 2.29. The standard InChI is InChI=1S/C14H9Cl/c15-14-9-10-5-1-2-6-11(10)12-7-3-4-8-13(12)14/h1-9H/i3+1,4+1,7+1,8+1,12+1,13+1. The average Bonchev–Trinajstić information content (AvgIpc) is 2.30. The summed E-state index contributed by atoms with van der Waals surface area (Å²) >= 11 is 6.24. The maximum Gasteiger partial charge on any atom is 0.0490 e. The summed E-state index contributed by atoms with van der Waals surface area (Å²) in [5.41, 5.74) is 0. The van der Waals surface area contributed by atoms with Crippen molar-refractivity contribution < 1.29 is 0 Å². The maximum absolute atomic E-state index is 6.24. The Balaban J connectivity index is 2.64. The Morgan fingerprint density at radius 3 is 2.07 bits per heavy atom. The second-order valence-electron chi connectivity index (χ2n) is 3.63. The molecule has 0 atom stereocenters. The molecule has 1 heteroatoms. The molecule has 0 fully saturated rings. The number of benzene rings is 3. The van der Waals surface area contributed by atoms with Crippen molar-refractivity contribution in [1.82, 2.24) is 0 Å². The lowest BCUT2D eigenvalue weighted by Gasteiger charge is -2.05. The normalized spacial score (nSPS) is 11.0. The van der Waals surface area contributed by atoms with Gasteiger partial charge in [0.1, 0.15) is 0 Å². The summed E-state index contributed by atoms with van der Waals surface area (Å²) in [7, 11) is 0. The van der Waals surface area contributed by atoms with Crippen LogP contribution in [0.15, 0.2) is 54.6 Å². The van der Waals surface area contributed by atoms with Crippen LogP contribution >= 0.6 is 11.6 Å². The molecule has 0 bridgehead atoms. The molecule has 0 heterocycles. The molecule has 0 N–H and O–H groups in total. The van der Waals surface area contributed by atoms with Crippen LogP contribution in [0.25, 0.3) is 21.5 Å². The van der Waals surface area contributed by atoms with Gasteiger partial charge in [-0.1, -0.05) is 60.1 Å². The fraction of sp³-hybridized carbons (Fsp3) is 0. The predicted molar refractivity (Wildman–Crippen MR) is 66.5 cm³/mol. The Hall–Kier alpha value is -1.53. The van der Waals surface area contributed by atoms with E-state index >= 15 is 0 Å². The second kappa shape index (κ2) is 3.25. The van der Waals surface area contributed by atoms with E-state index in [1.807, 2.05) is 24.3 Å². The summed E-state index contributed by atoms with van der Waals surface area (Å²) in [6.45, 7) is 0. The molecule has 0 unspecified atom stereocenters. The maximum atomic E-state index is 6.24. The van der Waals surface area contributed by atoms with Crippen LogP contribution in [0.5, 0.6) is 0 Å². The van der Waals surface area contributed by atoms with Gasteiger partial charge in [-0.2, -0.15) is 0 Å². The van der Waals surface area contributed by atoms with Crippen molar-refractivity contribution in [2.24, 2.45) is 0 Å². The van der Waals surface area contributed by atoms with Crippen LogP contribution < -0.4 is 0 Å². The van der Waals surface area contributed by atoms with Gasteiger partial charge in [-0.05, 0) is 22.2 Å². The molecule has 0 saturated carbocycles. The molecule has 0 aliphatic heterocycles. The highest BCUT2D eigenvalue weighted by Gasteiger charge is 2.02. The van der Waals surface area contributed by atoms with E-state index in [2.05, 4.69) is 30.3 Å². The Labute approximate surface area is 93.1 Å². The highest BCUT2D eigenvalue weighted by atomic mass is 35.5. The molecule has 0 saturated heterocycles.